The van der Waals surface area contributed by atoms with Crippen LogP contribution in [0.4, 0.5) is 5.69 Å². The van der Waals surface area contributed by atoms with E-state index in [0.717, 1.165) is 0 Å². The van der Waals surface area contributed by atoms with Crippen LogP contribution >= 0.6 is 0 Å². The van der Waals surface area contributed by atoms with E-state index in [1.807, 2.05) is 6.07 Å². The van der Waals surface area contributed by atoms with Crippen LogP contribution < -0.4 is 5.73 Å². The van der Waals surface area contributed by atoms with Gasteiger partial charge < -0.3 is 15.0 Å². The molecule has 0 aliphatic carbocycles. The minimum Gasteiger partial charge on any atom is -0.464 e. The maximum atomic E-state index is 11.9. The normalized spacial score (nSPS) is 10.3. The van der Waals surface area contributed by atoms with Gasteiger partial charge in [0.15, 0.2) is 12.0 Å². The zero-order valence-corrected chi connectivity index (χ0v) is 12.0. The number of benzene rings is 1. The molecule has 0 radical (unpaired) electrons. The maximum Gasteiger partial charge on any atom is 0.357 e. The average molecular weight is 309 g/mol. The Bertz CT molecular complexity index is 889. The van der Waals surface area contributed by atoms with Crippen LogP contribution in [0.5, 0.6) is 0 Å². The lowest BCUT2D eigenvalue weighted by Gasteiger charge is -2.09. The summed E-state index contributed by atoms with van der Waals surface area (Å²) in [6, 6.07) is 8.94. The second-order valence-electron chi connectivity index (χ2n) is 4.52. The Labute approximate surface area is 130 Å². The first kappa shape index (κ1) is 14.3. The Balaban J connectivity index is 2.08. The highest BCUT2D eigenvalue weighted by Crippen LogP contribution is 2.25. The molecule has 9 nitrogen and oxygen atoms in total. The third kappa shape index (κ3) is 2.38. The molecule has 1 aromatic carbocycles. The van der Waals surface area contributed by atoms with Crippen LogP contribution in [-0.2, 0) is 4.74 Å². The molecule has 23 heavy (non-hydrogen) atoms. The van der Waals surface area contributed by atoms with Crippen molar-refractivity contribution in [3.05, 3.63) is 48.0 Å². The van der Waals surface area contributed by atoms with Crippen LogP contribution in [0, 0.1) is 11.3 Å². The van der Waals surface area contributed by atoms with E-state index < -0.39 is 5.97 Å². The molecule has 0 saturated heterocycles. The third-order valence-corrected chi connectivity index (χ3v) is 3.25. The van der Waals surface area contributed by atoms with Crippen molar-refractivity contribution in [1.29, 1.82) is 5.26 Å². The number of tetrazole rings is 1. The predicted molar refractivity (Wildman–Crippen MR) is 78.9 cm³/mol. The minimum atomic E-state index is -0.619. The van der Waals surface area contributed by atoms with E-state index in [0.29, 0.717) is 11.4 Å². The summed E-state index contributed by atoms with van der Waals surface area (Å²) in [6.45, 7) is 0. The number of nitriles is 1. The molecule has 0 saturated carbocycles. The van der Waals surface area contributed by atoms with E-state index in [-0.39, 0.29) is 16.9 Å². The van der Waals surface area contributed by atoms with Gasteiger partial charge in [0.1, 0.15) is 6.07 Å². The smallest absolute Gasteiger partial charge is 0.357 e. The van der Waals surface area contributed by atoms with Gasteiger partial charge in [0, 0.05) is 11.9 Å². The summed E-state index contributed by atoms with van der Waals surface area (Å²) in [5.41, 5.74) is 7.59. The third-order valence-electron chi connectivity index (χ3n) is 3.25. The minimum absolute atomic E-state index is 0.0846. The van der Waals surface area contributed by atoms with Gasteiger partial charge in [0.25, 0.3) is 0 Å². The Hall–Kier alpha value is -3.67. The van der Waals surface area contributed by atoms with Crippen molar-refractivity contribution in [3.8, 4) is 17.4 Å². The molecule has 0 aliphatic heterocycles. The predicted octanol–water partition coefficient (Wildman–Crippen LogP) is 0.693. The summed E-state index contributed by atoms with van der Waals surface area (Å²) < 4.78 is 6.25. The molecule has 2 aromatic heterocycles. The number of nitrogens with zero attached hydrogens (tertiary/aromatic N) is 6. The first-order chi connectivity index (χ1) is 11.2. The first-order valence-electron chi connectivity index (χ1n) is 6.48. The number of hydrogen-bond acceptors (Lipinski definition) is 7. The molecule has 0 fully saturated rings. The van der Waals surface area contributed by atoms with Gasteiger partial charge in [-0.15, -0.1) is 15.0 Å². The van der Waals surface area contributed by atoms with Crippen LogP contribution in [0.1, 0.15) is 16.1 Å². The van der Waals surface area contributed by atoms with E-state index in [2.05, 4.69) is 15.4 Å². The van der Waals surface area contributed by atoms with Crippen molar-refractivity contribution in [2.75, 3.05) is 12.8 Å². The Morgan fingerprint density at radius 2 is 2.00 bits per heavy atom. The zero-order chi connectivity index (χ0) is 16.4. The number of nitrogens with two attached hydrogens (primary N) is 1. The number of ether oxygens (including phenoxy) is 1. The van der Waals surface area contributed by atoms with Crippen molar-refractivity contribution in [1.82, 2.24) is 24.8 Å². The molecular weight excluding hydrogens is 298 g/mol. The number of methoxy groups -OCH3 is 1. The number of nitrogen functional groups attached to an aromatic ring is 1. The molecule has 0 spiro atoms. The van der Waals surface area contributed by atoms with Crippen LogP contribution in [0.3, 0.4) is 0 Å². The molecule has 3 rings (SSSR count). The van der Waals surface area contributed by atoms with E-state index in [9.17, 15) is 4.79 Å². The second-order valence-corrected chi connectivity index (χ2v) is 4.52. The number of carbonyl (C=O) groups is 1. The summed E-state index contributed by atoms with van der Waals surface area (Å²) >= 11 is 0. The van der Waals surface area contributed by atoms with Crippen molar-refractivity contribution in [2.45, 2.75) is 0 Å². The van der Waals surface area contributed by atoms with Crippen molar-refractivity contribution in [3.63, 3.8) is 0 Å². The molecule has 3 aromatic rings. The molecular formula is C14H11N7O2. The summed E-state index contributed by atoms with van der Waals surface area (Å²) in [5.74, 6) is -0.619. The number of rotatable bonds is 3. The summed E-state index contributed by atoms with van der Waals surface area (Å²) in [6.07, 6.45) is 2.82. The quantitative estimate of drug-likeness (QED) is 0.706. The molecule has 9 heteroatoms. The first-order valence-corrected chi connectivity index (χ1v) is 6.48. The molecule has 0 bridgehead atoms. The zero-order valence-electron chi connectivity index (χ0n) is 12.0. The average Bonchev–Trinajstić information content (AvgIpc) is 3.22. The van der Waals surface area contributed by atoms with Crippen LogP contribution in [0.15, 0.2) is 36.8 Å². The molecule has 2 N–H and O–H groups in total. The van der Waals surface area contributed by atoms with Crippen molar-refractivity contribution < 1.29 is 9.53 Å². The number of hydrogen-bond donors (Lipinski definition) is 1. The van der Waals surface area contributed by atoms with Gasteiger partial charge in [-0.1, -0.05) is 0 Å². The molecule has 114 valence electrons. The Morgan fingerprint density at radius 3 is 2.57 bits per heavy atom. The highest BCUT2D eigenvalue weighted by molar-refractivity contribution is 5.95. The molecule has 0 atom stereocenters. The number of carbonyl (C=O) groups excluding carboxylic acids is 1. The van der Waals surface area contributed by atoms with Crippen LogP contribution in [0.2, 0.25) is 0 Å². The molecule has 0 amide bonds. The van der Waals surface area contributed by atoms with E-state index >= 15 is 0 Å². The van der Waals surface area contributed by atoms with Gasteiger partial charge in [-0.3, -0.25) is 0 Å². The van der Waals surface area contributed by atoms with Crippen LogP contribution in [0.25, 0.3) is 11.4 Å². The maximum absolute atomic E-state index is 11.9. The van der Waals surface area contributed by atoms with Gasteiger partial charge in [-0.05, 0) is 29.5 Å². The fraction of sp³-hybridized carbons (Fsp3) is 0.0714. The van der Waals surface area contributed by atoms with Gasteiger partial charge in [0.05, 0.1) is 24.0 Å². The standard InChI is InChI=1S/C14H11N7O2/c1-23-14(22)13-12(16)9(6-15)7-20(13)10-2-4-11(5-3-10)21-18-8-17-19-21/h2-5,7-8H,16H2,1H3. The fourth-order valence-electron chi connectivity index (χ4n) is 2.15. The summed E-state index contributed by atoms with van der Waals surface area (Å²) in [7, 11) is 1.25. The largest absolute Gasteiger partial charge is 0.464 e. The molecule has 0 unspecified atom stereocenters. The van der Waals surface area contributed by atoms with Gasteiger partial charge in [0.2, 0.25) is 0 Å². The van der Waals surface area contributed by atoms with Crippen LogP contribution in [-0.4, -0.2) is 37.9 Å². The lowest BCUT2D eigenvalue weighted by molar-refractivity contribution is 0.0593. The molecule has 0 aliphatic rings. The van der Waals surface area contributed by atoms with E-state index in [1.54, 1.807) is 24.3 Å². The highest BCUT2D eigenvalue weighted by atomic mass is 16.5. The van der Waals surface area contributed by atoms with Gasteiger partial charge in [-0.2, -0.15) is 5.26 Å². The summed E-state index contributed by atoms with van der Waals surface area (Å²) in [4.78, 5) is 13.3. The van der Waals surface area contributed by atoms with Crippen molar-refractivity contribution in [2.24, 2.45) is 0 Å². The Kier molecular flexibility index (Phi) is 3.48. The van der Waals surface area contributed by atoms with E-state index in [1.165, 1.54) is 29.0 Å². The topological polar surface area (TPSA) is 125 Å². The number of anilines is 1. The fourth-order valence-corrected chi connectivity index (χ4v) is 2.15. The number of aromatic nitrogens is 5. The monoisotopic (exact) mass is 309 g/mol. The lowest BCUT2D eigenvalue weighted by atomic mass is 10.2. The van der Waals surface area contributed by atoms with E-state index in [4.69, 9.17) is 15.7 Å². The number of esters is 1. The SMILES string of the molecule is COC(=O)c1c(N)c(C#N)cn1-c1ccc(-n2ncnn2)cc1. The lowest BCUT2D eigenvalue weighted by Crippen LogP contribution is -2.11. The highest BCUT2D eigenvalue weighted by Gasteiger charge is 2.21. The van der Waals surface area contributed by atoms with Crippen molar-refractivity contribution >= 4 is 11.7 Å². The second kappa shape index (κ2) is 5.61. The van der Waals surface area contributed by atoms with Gasteiger partial charge >= 0.3 is 5.97 Å². The summed E-state index contributed by atoms with van der Waals surface area (Å²) in [5, 5.41) is 20.5. The van der Waals surface area contributed by atoms with Gasteiger partial charge in [-0.25, -0.2) is 4.79 Å². The Morgan fingerprint density at radius 1 is 1.30 bits per heavy atom. The molecule has 2 heterocycles.